The summed E-state index contributed by atoms with van der Waals surface area (Å²) in [4.78, 5) is 37.8. The zero-order valence-electron chi connectivity index (χ0n) is 15.6. The van der Waals surface area contributed by atoms with Crippen LogP contribution in [0.15, 0.2) is 42.5 Å². The summed E-state index contributed by atoms with van der Waals surface area (Å²) in [6, 6.07) is 12.0. The predicted molar refractivity (Wildman–Crippen MR) is 104 cm³/mol. The summed E-state index contributed by atoms with van der Waals surface area (Å²) >= 11 is 0. The minimum Gasteiger partial charge on any atom is -0.478 e. The number of nitrogens with zero attached hydrogens (tertiary/aromatic N) is 1. The van der Waals surface area contributed by atoms with E-state index in [1.807, 2.05) is 6.07 Å². The normalized spacial score (nSPS) is 20.2. The lowest BCUT2D eigenvalue weighted by molar-refractivity contribution is -0.117. The molecule has 0 radical (unpaired) electrons. The third-order valence-electron chi connectivity index (χ3n) is 5.60. The van der Waals surface area contributed by atoms with E-state index in [4.69, 9.17) is 0 Å². The molecule has 2 atom stereocenters. The number of benzene rings is 2. The third-order valence-corrected chi connectivity index (χ3v) is 5.60. The van der Waals surface area contributed by atoms with Gasteiger partial charge in [-0.05, 0) is 66.3 Å². The van der Waals surface area contributed by atoms with Gasteiger partial charge in [0.15, 0.2) is 0 Å². The third kappa shape index (κ3) is 3.63. The summed E-state index contributed by atoms with van der Waals surface area (Å²) < 4.78 is 0. The van der Waals surface area contributed by atoms with Crippen LogP contribution in [0.4, 0.5) is 5.69 Å². The number of carbonyl (C=O) groups is 3. The Labute approximate surface area is 163 Å². The zero-order chi connectivity index (χ0) is 19.8. The molecule has 2 aromatic carbocycles. The van der Waals surface area contributed by atoms with Crippen LogP contribution in [0, 0.1) is 11.8 Å². The summed E-state index contributed by atoms with van der Waals surface area (Å²) in [6.07, 6.45) is 1.64. The van der Waals surface area contributed by atoms with Gasteiger partial charge in [0.05, 0.1) is 5.56 Å². The smallest absolute Gasteiger partial charge is 0.335 e. The lowest BCUT2D eigenvalue weighted by Gasteiger charge is -2.29. The van der Waals surface area contributed by atoms with Crippen LogP contribution in [0.25, 0.3) is 0 Å². The number of hydrogen-bond donors (Lipinski definition) is 2. The van der Waals surface area contributed by atoms with E-state index in [0.717, 1.165) is 17.5 Å². The molecule has 2 N–H and O–H groups in total. The molecular formula is C22H22N2O4. The number of hydrogen-bond acceptors (Lipinski definition) is 3. The topological polar surface area (TPSA) is 86.7 Å². The highest BCUT2D eigenvalue weighted by Gasteiger charge is 2.39. The van der Waals surface area contributed by atoms with Crippen molar-refractivity contribution in [3.05, 3.63) is 64.7 Å². The Morgan fingerprint density at radius 2 is 1.71 bits per heavy atom. The molecule has 2 amide bonds. The zero-order valence-corrected chi connectivity index (χ0v) is 15.6. The molecule has 28 heavy (non-hydrogen) atoms. The van der Waals surface area contributed by atoms with Crippen LogP contribution in [-0.4, -0.2) is 34.3 Å². The number of amides is 2. The lowest BCUT2D eigenvalue weighted by atomic mass is 9.97. The Bertz CT molecular complexity index is 952. The van der Waals surface area contributed by atoms with Gasteiger partial charge in [-0.1, -0.05) is 13.0 Å². The van der Waals surface area contributed by atoms with Crippen LogP contribution in [0.2, 0.25) is 0 Å². The molecule has 0 saturated heterocycles. The van der Waals surface area contributed by atoms with E-state index in [1.165, 1.54) is 0 Å². The van der Waals surface area contributed by atoms with Crippen molar-refractivity contribution in [1.82, 2.24) is 4.90 Å². The minimum absolute atomic E-state index is 0.0356. The van der Waals surface area contributed by atoms with Gasteiger partial charge in [0.1, 0.15) is 0 Å². The quantitative estimate of drug-likeness (QED) is 0.856. The predicted octanol–water partition coefficient (Wildman–Crippen LogP) is 3.18. The molecule has 1 fully saturated rings. The lowest BCUT2D eigenvalue weighted by Crippen LogP contribution is -2.36. The number of aromatic carboxylic acids is 1. The molecule has 0 spiro atoms. The van der Waals surface area contributed by atoms with E-state index in [2.05, 4.69) is 12.2 Å². The van der Waals surface area contributed by atoms with Crippen molar-refractivity contribution in [3.8, 4) is 0 Å². The molecule has 0 aromatic heterocycles. The van der Waals surface area contributed by atoms with Crippen molar-refractivity contribution >= 4 is 23.5 Å². The average Bonchev–Trinajstić information content (AvgIpc) is 3.44. The van der Waals surface area contributed by atoms with Gasteiger partial charge in [0.2, 0.25) is 5.91 Å². The maximum absolute atomic E-state index is 12.8. The second-order valence-electron chi connectivity index (χ2n) is 7.65. The summed E-state index contributed by atoms with van der Waals surface area (Å²) in [5.74, 6) is -0.479. The number of carboxylic acids is 1. The number of fused-ring (bicyclic) bond motifs is 1. The van der Waals surface area contributed by atoms with Crippen molar-refractivity contribution in [1.29, 1.82) is 0 Å². The van der Waals surface area contributed by atoms with Crippen molar-refractivity contribution < 1.29 is 19.5 Å². The van der Waals surface area contributed by atoms with Crippen LogP contribution in [0.5, 0.6) is 0 Å². The molecule has 4 rings (SSSR count). The second kappa shape index (κ2) is 7.11. The van der Waals surface area contributed by atoms with E-state index in [9.17, 15) is 19.5 Å². The first-order chi connectivity index (χ1) is 13.4. The molecule has 6 nitrogen and oxygen atoms in total. The molecule has 2 aliphatic rings. The second-order valence-corrected chi connectivity index (χ2v) is 7.65. The SMILES string of the molecule is CC1CC1C(=O)Nc1ccc(C(=O)N2CCc3ccc(C(=O)O)cc3C2)cc1. The van der Waals surface area contributed by atoms with Crippen molar-refractivity contribution in [3.63, 3.8) is 0 Å². The number of anilines is 1. The Kier molecular flexibility index (Phi) is 4.63. The fraction of sp³-hybridized carbons (Fsp3) is 0.318. The van der Waals surface area contributed by atoms with Crippen molar-refractivity contribution in [2.75, 3.05) is 11.9 Å². The Hall–Kier alpha value is -3.15. The van der Waals surface area contributed by atoms with E-state index in [0.29, 0.717) is 36.7 Å². The van der Waals surface area contributed by atoms with Gasteiger partial charge < -0.3 is 15.3 Å². The average molecular weight is 378 g/mol. The first kappa shape index (κ1) is 18.2. The van der Waals surface area contributed by atoms with Gasteiger partial charge in [0, 0.05) is 30.3 Å². The Morgan fingerprint density at radius 1 is 1.04 bits per heavy atom. The molecule has 2 aromatic rings. The van der Waals surface area contributed by atoms with Gasteiger partial charge in [0.25, 0.3) is 5.91 Å². The standard InChI is InChI=1S/C22H22N2O4/c1-13-10-19(13)20(25)23-18-6-4-15(5-7-18)21(26)24-9-8-14-2-3-16(22(27)28)11-17(14)12-24/h2-7,11,13,19H,8-10,12H2,1H3,(H,23,25)(H,27,28). The van der Waals surface area contributed by atoms with Gasteiger partial charge >= 0.3 is 5.97 Å². The first-order valence-electron chi connectivity index (χ1n) is 9.47. The van der Waals surface area contributed by atoms with Gasteiger partial charge in [-0.25, -0.2) is 4.79 Å². The van der Waals surface area contributed by atoms with Crippen LogP contribution in [-0.2, 0) is 17.8 Å². The summed E-state index contributed by atoms with van der Waals surface area (Å²) in [5, 5.41) is 12.1. The molecule has 1 heterocycles. The van der Waals surface area contributed by atoms with Gasteiger partial charge in [-0.2, -0.15) is 0 Å². The largest absolute Gasteiger partial charge is 0.478 e. The molecule has 1 saturated carbocycles. The van der Waals surface area contributed by atoms with E-state index < -0.39 is 5.97 Å². The number of carbonyl (C=O) groups excluding carboxylic acids is 2. The highest BCUT2D eigenvalue weighted by atomic mass is 16.4. The number of carboxylic acid groups (broad SMARTS) is 1. The summed E-state index contributed by atoms with van der Waals surface area (Å²) in [5.41, 5.74) is 3.44. The summed E-state index contributed by atoms with van der Waals surface area (Å²) in [6.45, 7) is 3.05. The van der Waals surface area contributed by atoms with Crippen LogP contribution < -0.4 is 5.32 Å². The molecule has 1 aliphatic heterocycles. The molecule has 0 bridgehead atoms. The maximum Gasteiger partial charge on any atom is 0.335 e. The fourth-order valence-electron chi connectivity index (χ4n) is 3.66. The number of rotatable bonds is 4. The van der Waals surface area contributed by atoms with E-state index in [1.54, 1.807) is 41.3 Å². The van der Waals surface area contributed by atoms with Crippen LogP contribution >= 0.6 is 0 Å². The molecule has 2 unspecified atom stereocenters. The molecule has 144 valence electrons. The molecular weight excluding hydrogens is 356 g/mol. The molecule has 6 heteroatoms. The van der Waals surface area contributed by atoms with E-state index >= 15 is 0 Å². The summed E-state index contributed by atoms with van der Waals surface area (Å²) in [7, 11) is 0. The van der Waals surface area contributed by atoms with E-state index in [-0.39, 0.29) is 23.3 Å². The number of nitrogens with one attached hydrogen (secondary N) is 1. The Morgan fingerprint density at radius 3 is 2.36 bits per heavy atom. The van der Waals surface area contributed by atoms with Crippen molar-refractivity contribution in [2.45, 2.75) is 26.3 Å². The van der Waals surface area contributed by atoms with Gasteiger partial charge in [-0.3, -0.25) is 9.59 Å². The van der Waals surface area contributed by atoms with Crippen molar-refractivity contribution in [2.24, 2.45) is 11.8 Å². The van der Waals surface area contributed by atoms with Gasteiger partial charge in [-0.15, -0.1) is 0 Å². The first-order valence-corrected chi connectivity index (χ1v) is 9.47. The molecule has 1 aliphatic carbocycles. The highest BCUT2D eigenvalue weighted by Crippen LogP contribution is 2.38. The van der Waals surface area contributed by atoms with Crippen LogP contribution in [0.3, 0.4) is 0 Å². The van der Waals surface area contributed by atoms with Crippen LogP contribution in [0.1, 0.15) is 45.2 Å². The monoisotopic (exact) mass is 378 g/mol. The minimum atomic E-state index is -0.968. The highest BCUT2D eigenvalue weighted by molar-refractivity contribution is 5.97. The Balaban J connectivity index is 1.44. The fourth-order valence-corrected chi connectivity index (χ4v) is 3.66. The maximum atomic E-state index is 12.8.